The van der Waals surface area contributed by atoms with Gasteiger partial charge >= 0.3 is 6.18 Å². The lowest BCUT2D eigenvalue weighted by molar-refractivity contribution is -0.205. The normalized spacial score (nSPS) is 25.8. The van der Waals surface area contributed by atoms with Gasteiger partial charge < -0.3 is 0 Å². The number of halogens is 3. The van der Waals surface area contributed by atoms with Crippen LogP contribution in [0, 0.1) is 17.8 Å². The number of nitrogens with zero attached hydrogens (tertiary/aromatic N) is 2. The summed E-state index contributed by atoms with van der Waals surface area (Å²) < 4.78 is 43.3. The predicted molar refractivity (Wildman–Crippen MR) is 124 cm³/mol. The van der Waals surface area contributed by atoms with Crippen LogP contribution in [-0.4, -0.2) is 22.6 Å². The Morgan fingerprint density at radius 1 is 0.879 bits per heavy atom. The molecule has 0 bridgehead atoms. The van der Waals surface area contributed by atoms with Crippen LogP contribution in [-0.2, 0) is 6.54 Å². The van der Waals surface area contributed by atoms with Crippen molar-refractivity contribution < 1.29 is 13.2 Å². The summed E-state index contributed by atoms with van der Waals surface area (Å²) in [7, 11) is 0. The average molecular weight is 449 g/mol. The van der Waals surface area contributed by atoms with E-state index < -0.39 is 18.0 Å². The van der Waals surface area contributed by atoms with Crippen LogP contribution in [0.2, 0.25) is 0 Å². The third-order valence-corrected chi connectivity index (χ3v) is 7.21. The number of pyridine rings is 1. The van der Waals surface area contributed by atoms with E-state index >= 15 is 0 Å². The van der Waals surface area contributed by atoms with Gasteiger partial charge in [-0.15, -0.1) is 0 Å². The van der Waals surface area contributed by atoms with E-state index in [-0.39, 0.29) is 18.4 Å². The topological polar surface area (TPSA) is 16.1 Å². The first-order valence-electron chi connectivity index (χ1n) is 11.5. The molecular formula is C28H27F3N2. The maximum Gasteiger partial charge on any atom is 0.392 e. The van der Waals surface area contributed by atoms with Crippen LogP contribution in [0.4, 0.5) is 13.2 Å². The van der Waals surface area contributed by atoms with Gasteiger partial charge in [0.05, 0.1) is 5.92 Å². The van der Waals surface area contributed by atoms with Gasteiger partial charge in [0.25, 0.3) is 0 Å². The fourth-order valence-electron chi connectivity index (χ4n) is 5.83. The zero-order chi connectivity index (χ0) is 22.8. The highest BCUT2D eigenvalue weighted by Crippen LogP contribution is 2.56. The summed E-state index contributed by atoms with van der Waals surface area (Å²) >= 11 is 0. The molecule has 2 aromatic carbocycles. The van der Waals surface area contributed by atoms with Crippen molar-refractivity contribution in [3.8, 4) is 0 Å². The summed E-state index contributed by atoms with van der Waals surface area (Å²) in [6, 6.07) is 23.4. The van der Waals surface area contributed by atoms with E-state index in [0.717, 1.165) is 28.8 Å². The van der Waals surface area contributed by atoms with Crippen LogP contribution < -0.4 is 0 Å². The van der Waals surface area contributed by atoms with Crippen molar-refractivity contribution in [1.29, 1.82) is 0 Å². The standard InChI is InChI=1S/C28H27F3N2/c29-28(30,31)25-12-11-23(21-9-5-2-6-10-21)24-15-18-33(19-20-7-3-1-4-8-20)27(26(24)25)22-13-16-32-17-14-22/h1-11,13-14,16-17,24-27H,12,15,18-19H2/t24-,25+,26-,27+/m0/s1. The van der Waals surface area contributed by atoms with Crippen LogP contribution in [0.25, 0.3) is 5.57 Å². The highest BCUT2D eigenvalue weighted by Gasteiger charge is 2.54. The van der Waals surface area contributed by atoms with Gasteiger partial charge in [-0.2, -0.15) is 13.2 Å². The van der Waals surface area contributed by atoms with Crippen LogP contribution in [0.1, 0.15) is 35.6 Å². The number of allylic oxidation sites excluding steroid dienone is 2. The molecule has 2 heterocycles. The Kier molecular flexibility index (Phi) is 6.07. The molecule has 0 unspecified atom stereocenters. The molecule has 5 rings (SSSR count). The minimum absolute atomic E-state index is 0.0235. The second kappa shape index (κ2) is 9.14. The molecule has 0 spiro atoms. The molecule has 4 atom stereocenters. The molecule has 1 aliphatic heterocycles. The number of likely N-dealkylation sites (tertiary alicyclic amines) is 1. The van der Waals surface area contributed by atoms with Crippen molar-refractivity contribution in [2.24, 2.45) is 17.8 Å². The lowest BCUT2D eigenvalue weighted by Gasteiger charge is -2.51. The SMILES string of the molecule is FC(F)(F)[C@@H]1CC=C(c2ccccc2)[C@@H]2CCN(Cc3ccccc3)[C@H](c3ccncc3)[C@H]12. The molecule has 170 valence electrons. The van der Waals surface area contributed by atoms with Gasteiger partial charge in [-0.25, -0.2) is 0 Å². The van der Waals surface area contributed by atoms with Crippen molar-refractivity contribution in [1.82, 2.24) is 9.88 Å². The van der Waals surface area contributed by atoms with Gasteiger partial charge in [-0.05, 0) is 65.6 Å². The van der Waals surface area contributed by atoms with Crippen LogP contribution >= 0.6 is 0 Å². The Morgan fingerprint density at radius 3 is 2.21 bits per heavy atom. The molecule has 2 aliphatic rings. The van der Waals surface area contributed by atoms with E-state index in [4.69, 9.17) is 0 Å². The number of fused-ring (bicyclic) bond motifs is 1. The van der Waals surface area contributed by atoms with E-state index in [1.165, 1.54) is 0 Å². The van der Waals surface area contributed by atoms with Crippen molar-refractivity contribution in [2.75, 3.05) is 6.54 Å². The van der Waals surface area contributed by atoms with E-state index in [1.807, 2.05) is 78.9 Å². The quantitative estimate of drug-likeness (QED) is 0.430. The first kappa shape index (κ1) is 21.9. The molecule has 1 fully saturated rings. The average Bonchev–Trinajstić information content (AvgIpc) is 2.84. The predicted octanol–water partition coefficient (Wildman–Crippen LogP) is 6.93. The van der Waals surface area contributed by atoms with E-state index in [0.29, 0.717) is 13.0 Å². The Morgan fingerprint density at radius 2 is 1.55 bits per heavy atom. The molecule has 0 saturated carbocycles. The number of alkyl halides is 3. The molecule has 0 radical (unpaired) electrons. The summed E-state index contributed by atoms with van der Waals surface area (Å²) in [4.78, 5) is 6.38. The van der Waals surface area contributed by atoms with Gasteiger partial charge in [-0.3, -0.25) is 9.88 Å². The third kappa shape index (κ3) is 4.47. The lowest BCUT2D eigenvalue weighted by atomic mass is 9.62. The number of benzene rings is 2. The minimum Gasteiger partial charge on any atom is -0.292 e. The van der Waals surface area contributed by atoms with Crippen molar-refractivity contribution in [3.63, 3.8) is 0 Å². The second-order valence-electron chi connectivity index (χ2n) is 9.06. The summed E-state index contributed by atoms with van der Waals surface area (Å²) in [5.74, 6) is -2.06. The van der Waals surface area contributed by atoms with Gasteiger partial charge in [0.2, 0.25) is 0 Å². The molecule has 33 heavy (non-hydrogen) atoms. The number of rotatable bonds is 4. The van der Waals surface area contributed by atoms with Crippen LogP contribution in [0.5, 0.6) is 0 Å². The first-order valence-corrected chi connectivity index (χ1v) is 11.5. The second-order valence-corrected chi connectivity index (χ2v) is 9.06. The van der Waals surface area contributed by atoms with Crippen LogP contribution in [0.15, 0.2) is 91.3 Å². The molecular weight excluding hydrogens is 421 g/mol. The highest BCUT2D eigenvalue weighted by molar-refractivity contribution is 5.69. The Bertz CT molecular complexity index is 1080. The Labute approximate surface area is 192 Å². The third-order valence-electron chi connectivity index (χ3n) is 7.21. The van der Waals surface area contributed by atoms with Crippen molar-refractivity contribution in [3.05, 3.63) is 108 Å². The van der Waals surface area contributed by atoms with E-state index in [9.17, 15) is 13.2 Å². The number of piperidine rings is 1. The smallest absolute Gasteiger partial charge is 0.292 e. The maximum atomic E-state index is 14.4. The molecule has 1 aromatic heterocycles. The lowest BCUT2D eigenvalue weighted by Crippen LogP contribution is -2.50. The summed E-state index contributed by atoms with van der Waals surface area (Å²) in [6.45, 7) is 1.38. The Hall–Kier alpha value is -2.92. The first-order chi connectivity index (χ1) is 16.0. The van der Waals surface area contributed by atoms with Gasteiger partial charge in [0.1, 0.15) is 0 Å². The molecule has 0 amide bonds. The molecule has 2 nitrogen and oxygen atoms in total. The van der Waals surface area contributed by atoms with Gasteiger partial charge in [0, 0.05) is 25.0 Å². The number of hydrogen-bond acceptors (Lipinski definition) is 2. The maximum absolute atomic E-state index is 14.4. The zero-order valence-electron chi connectivity index (χ0n) is 18.3. The summed E-state index contributed by atoms with van der Waals surface area (Å²) in [6.07, 6.45) is 1.73. The molecule has 1 aliphatic carbocycles. The Balaban J connectivity index is 1.60. The molecule has 1 saturated heterocycles. The fraction of sp³-hybridized carbons (Fsp3) is 0.321. The minimum atomic E-state index is -4.25. The van der Waals surface area contributed by atoms with Crippen molar-refractivity contribution in [2.45, 2.75) is 31.6 Å². The zero-order valence-corrected chi connectivity index (χ0v) is 18.3. The summed E-state index contributed by atoms with van der Waals surface area (Å²) in [5, 5.41) is 0. The monoisotopic (exact) mass is 448 g/mol. The van der Waals surface area contributed by atoms with E-state index in [1.54, 1.807) is 12.4 Å². The fourth-order valence-corrected chi connectivity index (χ4v) is 5.83. The van der Waals surface area contributed by atoms with Gasteiger partial charge in [-0.1, -0.05) is 66.7 Å². The van der Waals surface area contributed by atoms with E-state index in [2.05, 4.69) is 9.88 Å². The van der Waals surface area contributed by atoms with Crippen molar-refractivity contribution >= 4 is 5.57 Å². The number of hydrogen-bond donors (Lipinski definition) is 0. The summed E-state index contributed by atoms with van der Waals surface area (Å²) in [5.41, 5.74) is 4.14. The molecule has 5 heteroatoms. The molecule has 3 aromatic rings. The highest BCUT2D eigenvalue weighted by atomic mass is 19.4. The molecule has 0 N–H and O–H groups in total. The van der Waals surface area contributed by atoms with Gasteiger partial charge in [0.15, 0.2) is 0 Å². The van der Waals surface area contributed by atoms with Crippen LogP contribution in [0.3, 0.4) is 0 Å². The number of aromatic nitrogens is 1. The largest absolute Gasteiger partial charge is 0.392 e.